The molecule has 2 aliphatic rings. The number of hydrazine groups is 1. The number of nitrogens with one attached hydrogen (secondary N) is 1. The molecular formula is C15H25N3OS2. The first-order valence-corrected chi connectivity index (χ1v) is 9.83. The molecule has 0 bridgehead atoms. The summed E-state index contributed by atoms with van der Waals surface area (Å²) in [6.07, 6.45) is 5.58. The fourth-order valence-electron chi connectivity index (χ4n) is 3.55. The molecule has 3 rings (SSSR count). The monoisotopic (exact) mass is 327 g/mol. The number of aromatic nitrogens is 1. The second kappa shape index (κ2) is 6.96. The molecule has 21 heavy (non-hydrogen) atoms. The highest BCUT2D eigenvalue weighted by molar-refractivity contribution is 7.99. The average molecular weight is 328 g/mol. The van der Waals surface area contributed by atoms with Crippen LogP contribution in [0.4, 0.5) is 0 Å². The van der Waals surface area contributed by atoms with E-state index in [9.17, 15) is 0 Å². The van der Waals surface area contributed by atoms with Crippen LogP contribution in [0.1, 0.15) is 36.4 Å². The van der Waals surface area contributed by atoms with Crippen molar-refractivity contribution in [1.29, 1.82) is 0 Å². The molecule has 6 heteroatoms. The van der Waals surface area contributed by atoms with Crippen molar-refractivity contribution >= 4 is 23.1 Å². The smallest absolute Gasteiger partial charge is 0.0944 e. The van der Waals surface area contributed by atoms with Gasteiger partial charge in [0, 0.05) is 30.1 Å². The Hall–Kier alpha value is -0.140. The van der Waals surface area contributed by atoms with Gasteiger partial charge >= 0.3 is 0 Å². The Morgan fingerprint density at radius 1 is 1.52 bits per heavy atom. The van der Waals surface area contributed by atoms with Gasteiger partial charge in [0.05, 0.1) is 10.6 Å². The van der Waals surface area contributed by atoms with Crippen molar-refractivity contribution in [3.05, 3.63) is 16.1 Å². The zero-order valence-electron chi connectivity index (χ0n) is 12.6. The van der Waals surface area contributed by atoms with Crippen LogP contribution in [0.25, 0.3) is 0 Å². The number of ether oxygens (including phenoxy) is 1. The number of hydrogen-bond acceptors (Lipinski definition) is 6. The number of thioether (sulfide) groups is 1. The van der Waals surface area contributed by atoms with Gasteiger partial charge in [0.2, 0.25) is 0 Å². The largest absolute Gasteiger partial charge is 0.375 e. The van der Waals surface area contributed by atoms with Crippen molar-refractivity contribution in [3.63, 3.8) is 0 Å². The molecular weight excluding hydrogens is 302 g/mol. The highest BCUT2D eigenvalue weighted by Crippen LogP contribution is 2.41. The zero-order chi connectivity index (χ0) is 14.7. The Kier molecular flexibility index (Phi) is 5.22. The second-order valence-corrected chi connectivity index (χ2v) is 8.42. The fraction of sp³-hybridized carbons (Fsp3) is 0.800. The lowest BCUT2D eigenvalue weighted by molar-refractivity contribution is -0.107. The first-order chi connectivity index (χ1) is 10.2. The number of rotatable bonds is 4. The van der Waals surface area contributed by atoms with Crippen LogP contribution in [0.5, 0.6) is 0 Å². The Morgan fingerprint density at radius 2 is 2.33 bits per heavy atom. The van der Waals surface area contributed by atoms with Crippen LogP contribution in [-0.2, 0) is 11.2 Å². The number of nitrogens with zero attached hydrogens (tertiary/aromatic N) is 1. The molecule has 2 saturated heterocycles. The predicted octanol–water partition coefficient (Wildman–Crippen LogP) is 2.52. The van der Waals surface area contributed by atoms with Crippen LogP contribution in [0.15, 0.2) is 5.38 Å². The average Bonchev–Trinajstić information content (AvgIpc) is 2.91. The fourth-order valence-corrected chi connectivity index (χ4v) is 5.62. The quantitative estimate of drug-likeness (QED) is 0.657. The van der Waals surface area contributed by atoms with E-state index in [1.807, 2.05) is 6.92 Å². The minimum absolute atomic E-state index is 0.127. The molecule has 4 nitrogen and oxygen atoms in total. The molecule has 2 aliphatic heterocycles. The van der Waals surface area contributed by atoms with E-state index in [4.69, 9.17) is 10.6 Å². The summed E-state index contributed by atoms with van der Waals surface area (Å²) >= 11 is 3.80. The highest BCUT2D eigenvalue weighted by atomic mass is 32.2. The number of nitrogens with two attached hydrogens (primary N) is 1. The van der Waals surface area contributed by atoms with Crippen LogP contribution < -0.4 is 11.3 Å². The summed E-state index contributed by atoms with van der Waals surface area (Å²) in [5, 5.41) is 3.31. The third-order valence-electron chi connectivity index (χ3n) is 4.78. The molecule has 0 aliphatic carbocycles. The molecule has 2 fully saturated rings. The lowest BCUT2D eigenvalue weighted by Gasteiger charge is -2.45. The van der Waals surface area contributed by atoms with Crippen molar-refractivity contribution < 1.29 is 4.74 Å². The van der Waals surface area contributed by atoms with Crippen molar-refractivity contribution in [2.24, 2.45) is 11.8 Å². The van der Waals surface area contributed by atoms with Crippen LogP contribution in [-0.4, -0.2) is 34.7 Å². The molecule has 0 amide bonds. The van der Waals surface area contributed by atoms with Gasteiger partial charge in [-0.15, -0.1) is 11.3 Å². The van der Waals surface area contributed by atoms with E-state index >= 15 is 0 Å². The van der Waals surface area contributed by atoms with E-state index in [0.29, 0.717) is 12.0 Å². The molecule has 2 unspecified atom stereocenters. The van der Waals surface area contributed by atoms with Crippen LogP contribution in [0.3, 0.4) is 0 Å². The van der Waals surface area contributed by atoms with Crippen molar-refractivity contribution in [3.8, 4) is 0 Å². The molecule has 3 N–H and O–H groups in total. The van der Waals surface area contributed by atoms with E-state index in [1.165, 1.54) is 29.4 Å². The van der Waals surface area contributed by atoms with E-state index in [0.717, 1.165) is 31.6 Å². The van der Waals surface area contributed by atoms with Gasteiger partial charge in [-0.1, -0.05) is 0 Å². The van der Waals surface area contributed by atoms with Gasteiger partial charge in [-0.05, 0) is 50.0 Å². The van der Waals surface area contributed by atoms with Crippen LogP contribution in [0, 0.1) is 12.8 Å². The minimum Gasteiger partial charge on any atom is -0.375 e. The van der Waals surface area contributed by atoms with E-state index < -0.39 is 0 Å². The van der Waals surface area contributed by atoms with Gasteiger partial charge < -0.3 is 4.74 Å². The first kappa shape index (κ1) is 15.7. The van der Waals surface area contributed by atoms with Gasteiger partial charge in [-0.2, -0.15) is 11.8 Å². The molecule has 1 spiro atoms. The number of thiazole rings is 1. The molecule has 0 saturated carbocycles. The third kappa shape index (κ3) is 3.79. The molecule has 2 atom stereocenters. The maximum atomic E-state index is 6.19. The Labute approximate surface area is 135 Å². The first-order valence-electron chi connectivity index (χ1n) is 7.80. The predicted molar refractivity (Wildman–Crippen MR) is 89.6 cm³/mol. The third-order valence-corrected chi connectivity index (χ3v) is 6.75. The molecule has 1 aromatic rings. The van der Waals surface area contributed by atoms with Crippen molar-refractivity contribution in [1.82, 2.24) is 10.4 Å². The van der Waals surface area contributed by atoms with Gasteiger partial charge in [0.25, 0.3) is 0 Å². The Bertz CT molecular complexity index is 454. The lowest BCUT2D eigenvalue weighted by Crippen LogP contribution is -2.50. The van der Waals surface area contributed by atoms with Gasteiger partial charge in [0.15, 0.2) is 0 Å². The Morgan fingerprint density at radius 3 is 3.00 bits per heavy atom. The topological polar surface area (TPSA) is 60.2 Å². The summed E-state index contributed by atoms with van der Waals surface area (Å²) in [6, 6.07) is 0.311. The maximum Gasteiger partial charge on any atom is 0.0944 e. The lowest BCUT2D eigenvalue weighted by atomic mass is 9.78. The molecule has 1 aromatic heterocycles. The van der Waals surface area contributed by atoms with Gasteiger partial charge in [0.1, 0.15) is 0 Å². The number of hydrogen-bond donors (Lipinski definition) is 2. The summed E-state index contributed by atoms with van der Waals surface area (Å²) in [5.41, 5.74) is 4.29. The minimum atomic E-state index is 0.127. The van der Waals surface area contributed by atoms with Gasteiger partial charge in [-0.25, -0.2) is 4.98 Å². The van der Waals surface area contributed by atoms with Crippen LogP contribution in [0.2, 0.25) is 0 Å². The van der Waals surface area contributed by atoms with Crippen LogP contribution >= 0.6 is 23.1 Å². The molecule has 118 valence electrons. The van der Waals surface area contributed by atoms with Crippen molar-refractivity contribution in [2.45, 2.75) is 50.7 Å². The van der Waals surface area contributed by atoms with E-state index in [-0.39, 0.29) is 5.60 Å². The van der Waals surface area contributed by atoms with Gasteiger partial charge in [-0.3, -0.25) is 11.3 Å². The van der Waals surface area contributed by atoms with E-state index in [2.05, 4.69) is 27.6 Å². The molecule has 3 heterocycles. The standard InChI is InChI=1S/C15H25N3OS2/c1-11-10-21-14(17-11)8-13(18-16)12-2-5-19-15(9-12)3-6-20-7-4-15/h10,12-13,18H,2-9,16H2,1H3. The zero-order valence-corrected chi connectivity index (χ0v) is 14.3. The summed E-state index contributed by atoms with van der Waals surface area (Å²) in [6.45, 7) is 2.93. The highest BCUT2D eigenvalue weighted by Gasteiger charge is 2.40. The maximum absolute atomic E-state index is 6.19. The summed E-state index contributed by atoms with van der Waals surface area (Å²) in [4.78, 5) is 4.59. The Balaban J connectivity index is 1.65. The second-order valence-electron chi connectivity index (χ2n) is 6.26. The SMILES string of the molecule is Cc1csc(CC(NN)C2CCOC3(CCSCC3)C2)n1. The molecule has 0 radical (unpaired) electrons. The summed E-state index contributed by atoms with van der Waals surface area (Å²) < 4.78 is 6.19. The van der Waals surface area contributed by atoms with Crippen molar-refractivity contribution in [2.75, 3.05) is 18.1 Å². The van der Waals surface area contributed by atoms with E-state index in [1.54, 1.807) is 11.3 Å². The summed E-state index contributed by atoms with van der Waals surface area (Å²) in [5.74, 6) is 8.92. The molecule has 0 aromatic carbocycles. The number of aryl methyl sites for hydroxylation is 1. The normalized spacial score (nSPS) is 26.9. The summed E-state index contributed by atoms with van der Waals surface area (Å²) in [7, 11) is 0.